The van der Waals surface area contributed by atoms with Crippen molar-refractivity contribution in [2.45, 2.75) is 50.8 Å². The Morgan fingerprint density at radius 1 is 1.21 bits per heavy atom. The van der Waals surface area contributed by atoms with E-state index in [9.17, 15) is 4.79 Å². The SMILES string of the molecule is COc1cc(C)cc2c1C(=O)C[C@](C)([C@@H]1O[C@@H](OC)C[C@@H]1OC)O2. The van der Waals surface area contributed by atoms with E-state index in [4.69, 9.17) is 23.7 Å². The van der Waals surface area contributed by atoms with Crippen molar-refractivity contribution in [2.24, 2.45) is 0 Å². The first-order chi connectivity index (χ1) is 11.4. The summed E-state index contributed by atoms with van der Waals surface area (Å²) in [6.45, 7) is 3.82. The van der Waals surface area contributed by atoms with Crippen LogP contribution < -0.4 is 9.47 Å². The normalized spacial score (nSPS) is 32.4. The summed E-state index contributed by atoms with van der Waals surface area (Å²) in [7, 11) is 4.78. The molecule has 0 amide bonds. The molecule has 1 fully saturated rings. The van der Waals surface area contributed by atoms with Crippen molar-refractivity contribution >= 4 is 5.78 Å². The maximum absolute atomic E-state index is 12.8. The van der Waals surface area contributed by atoms with Gasteiger partial charge in [0.25, 0.3) is 0 Å². The fourth-order valence-corrected chi connectivity index (χ4v) is 3.62. The van der Waals surface area contributed by atoms with Crippen LogP contribution in [-0.2, 0) is 14.2 Å². The molecule has 0 N–H and O–H groups in total. The Bertz CT molecular complexity index is 643. The molecule has 3 rings (SSSR count). The maximum Gasteiger partial charge on any atom is 0.174 e. The van der Waals surface area contributed by atoms with Gasteiger partial charge >= 0.3 is 0 Å². The molecular weight excluding hydrogens is 312 g/mol. The quantitative estimate of drug-likeness (QED) is 0.842. The van der Waals surface area contributed by atoms with Gasteiger partial charge in [-0.25, -0.2) is 0 Å². The number of ether oxygens (including phenoxy) is 5. The number of carbonyl (C=O) groups excluding carboxylic acids is 1. The topological polar surface area (TPSA) is 63.2 Å². The van der Waals surface area contributed by atoms with Gasteiger partial charge in [-0.3, -0.25) is 4.79 Å². The van der Waals surface area contributed by atoms with Crippen LogP contribution in [0.4, 0.5) is 0 Å². The zero-order chi connectivity index (χ0) is 17.5. The van der Waals surface area contributed by atoms with Crippen molar-refractivity contribution in [1.29, 1.82) is 0 Å². The second-order valence-electron chi connectivity index (χ2n) is 6.59. The number of hydrogen-bond donors (Lipinski definition) is 0. The van der Waals surface area contributed by atoms with Crippen LogP contribution in [0, 0.1) is 6.92 Å². The average molecular weight is 336 g/mol. The minimum atomic E-state index is -0.823. The molecule has 2 aliphatic heterocycles. The van der Waals surface area contributed by atoms with Gasteiger partial charge in [0, 0.05) is 20.6 Å². The van der Waals surface area contributed by atoms with Crippen molar-refractivity contribution < 1.29 is 28.5 Å². The van der Waals surface area contributed by atoms with Crippen LogP contribution in [0.3, 0.4) is 0 Å². The number of methoxy groups -OCH3 is 3. The molecule has 0 aliphatic carbocycles. The van der Waals surface area contributed by atoms with Crippen LogP contribution in [0.2, 0.25) is 0 Å². The van der Waals surface area contributed by atoms with Crippen molar-refractivity contribution in [3.8, 4) is 11.5 Å². The van der Waals surface area contributed by atoms with E-state index in [0.717, 1.165) is 5.56 Å². The summed E-state index contributed by atoms with van der Waals surface area (Å²) < 4.78 is 28.4. The Hall–Kier alpha value is -1.63. The highest BCUT2D eigenvalue weighted by molar-refractivity contribution is 6.03. The van der Waals surface area contributed by atoms with Gasteiger partial charge in [0.1, 0.15) is 28.8 Å². The van der Waals surface area contributed by atoms with Gasteiger partial charge in [-0.1, -0.05) is 0 Å². The lowest BCUT2D eigenvalue weighted by atomic mass is 9.84. The molecular formula is C18H24O6. The molecule has 0 unspecified atom stereocenters. The minimum Gasteiger partial charge on any atom is -0.496 e. The van der Waals surface area contributed by atoms with E-state index in [1.807, 2.05) is 26.0 Å². The highest BCUT2D eigenvalue weighted by Crippen LogP contribution is 2.44. The van der Waals surface area contributed by atoms with Gasteiger partial charge in [0.05, 0.1) is 19.6 Å². The molecule has 1 aromatic carbocycles. The highest BCUT2D eigenvalue weighted by atomic mass is 16.7. The second kappa shape index (κ2) is 6.35. The Balaban J connectivity index is 1.97. The van der Waals surface area contributed by atoms with Crippen LogP contribution >= 0.6 is 0 Å². The van der Waals surface area contributed by atoms with E-state index in [2.05, 4.69) is 0 Å². The van der Waals surface area contributed by atoms with E-state index >= 15 is 0 Å². The van der Waals surface area contributed by atoms with Crippen LogP contribution in [0.5, 0.6) is 11.5 Å². The molecule has 0 bridgehead atoms. The summed E-state index contributed by atoms with van der Waals surface area (Å²) >= 11 is 0. The molecule has 0 radical (unpaired) electrons. The number of hydrogen-bond acceptors (Lipinski definition) is 6. The monoisotopic (exact) mass is 336 g/mol. The van der Waals surface area contributed by atoms with Gasteiger partial charge in [-0.2, -0.15) is 0 Å². The predicted octanol–water partition coefficient (Wildman–Crippen LogP) is 2.50. The standard InChI is InChI=1S/C18H24O6/c1-10-6-12(20-3)16-11(19)9-18(2,24-13(16)7-10)17-14(21-4)8-15(22-5)23-17/h6-7,14-15,17H,8-9H2,1-5H3/t14-,15+,17+,18+/m0/s1. The van der Waals surface area contributed by atoms with Crippen molar-refractivity contribution in [3.05, 3.63) is 23.3 Å². The van der Waals surface area contributed by atoms with Crippen LogP contribution in [0.15, 0.2) is 12.1 Å². The summed E-state index contributed by atoms with van der Waals surface area (Å²) in [5.74, 6) is 1.06. The molecule has 2 heterocycles. The molecule has 0 aromatic heterocycles. The predicted molar refractivity (Wildman–Crippen MR) is 86.8 cm³/mol. The summed E-state index contributed by atoms with van der Waals surface area (Å²) in [6, 6.07) is 3.70. The lowest BCUT2D eigenvalue weighted by Crippen LogP contribution is -2.53. The van der Waals surface area contributed by atoms with Gasteiger partial charge in [-0.05, 0) is 31.5 Å². The van der Waals surface area contributed by atoms with E-state index in [1.54, 1.807) is 21.3 Å². The molecule has 6 heteroatoms. The van der Waals surface area contributed by atoms with Gasteiger partial charge in [0.2, 0.25) is 0 Å². The molecule has 6 nitrogen and oxygen atoms in total. The molecule has 24 heavy (non-hydrogen) atoms. The van der Waals surface area contributed by atoms with Crippen molar-refractivity contribution in [1.82, 2.24) is 0 Å². The van der Waals surface area contributed by atoms with Gasteiger partial charge < -0.3 is 23.7 Å². The highest BCUT2D eigenvalue weighted by Gasteiger charge is 2.52. The van der Waals surface area contributed by atoms with E-state index < -0.39 is 11.7 Å². The summed E-state index contributed by atoms with van der Waals surface area (Å²) in [6.07, 6.45) is -0.143. The van der Waals surface area contributed by atoms with E-state index in [0.29, 0.717) is 23.5 Å². The lowest BCUT2D eigenvalue weighted by Gasteiger charge is -2.40. The number of rotatable bonds is 4. The fourth-order valence-electron chi connectivity index (χ4n) is 3.62. The third-order valence-electron chi connectivity index (χ3n) is 4.79. The zero-order valence-corrected chi connectivity index (χ0v) is 14.8. The Morgan fingerprint density at radius 2 is 1.96 bits per heavy atom. The first-order valence-corrected chi connectivity index (χ1v) is 8.03. The average Bonchev–Trinajstić information content (AvgIpc) is 2.97. The Kier molecular flexibility index (Phi) is 4.55. The Morgan fingerprint density at radius 3 is 2.58 bits per heavy atom. The number of carbonyl (C=O) groups is 1. The van der Waals surface area contributed by atoms with Crippen molar-refractivity contribution in [3.63, 3.8) is 0 Å². The lowest BCUT2D eigenvalue weighted by molar-refractivity contribution is -0.167. The number of Topliss-reactive ketones (excluding diaryl/α,β-unsaturated/α-hetero) is 1. The Labute approximate surface area is 142 Å². The first kappa shape index (κ1) is 17.2. The summed E-state index contributed by atoms with van der Waals surface area (Å²) in [4.78, 5) is 12.8. The largest absolute Gasteiger partial charge is 0.496 e. The summed E-state index contributed by atoms with van der Waals surface area (Å²) in [5, 5.41) is 0. The number of ketones is 1. The molecule has 2 aliphatic rings. The van der Waals surface area contributed by atoms with E-state index in [1.165, 1.54) is 0 Å². The number of fused-ring (bicyclic) bond motifs is 1. The number of benzene rings is 1. The minimum absolute atomic E-state index is 0.0186. The van der Waals surface area contributed by atoms with Crippen LogP contribution in [0.1, 0.15) is 35.7 Å². The van der Waals surface area contributed by atoms with Gasteiger partial charge in [-0.15, -0.1) is 0 Å². The third-order valence-corrected chi connectivity index (χ3v) is 4.79. The molecule has 0 spiro atoms. The van der Waals surface area contributed by atoms with Crippen molar-refractivity contribution in [2.75, 3.05) is 21.3 Å². The zero-order valence-electron chi connectivity index (χ0n) is 14.8. The van der Waals surface area contributed by atoms with E-state index in [-0.39, 0.29) is 24.6 Å². The number of aryl methyl sites for hydroxylation is 1. The molecule has 4 atom stereocenters. The smallest absolute Gasteiger partial charge is 0.174 e. The van der Waals surface area contributed by atoms with Crippen LogP contribution in [0.25, 0.3) is 0 Å². The molecule has 0 saturated carbocycles. The molecule has 1 saturated heterocycles. The third kappa shape index (κ3) is 2.79. The molecule has 132 valence electrons. The molecule has 1 aromatic rings. The van der Waals surface area contributed by atoms with Crippen LogP contribution in [-0.4, -0.2) is 51.2 Å². The maximum atomic E-state index is 12.8. The first-order valence-electron chi connectivity index (χ1n) is 8.03. The fraction of sp³-hybridized carbons (Fsp3) is 0.611. The summed E-state index contributed by atoms with van der Waals surface area (Å²) in [5.41, 5.74) is 0.639. The van der Waals surface area contributed by atoms with Gasteiger partial charge in [0.15, 0.2) is 12.1 Å². The second-order valence-corrected chi connectivity index (χ2v) is 6.59.